The maximum Gasteiger partial charge on any atom is 0.119 e. The lowest BCUT2D eigenvalue weighted by Gasteiger charge is -2.41. The van der Waals surface area contributed by atoms with Gasteiger partial charge in [-0.1, -0.05) is 58.6 Å². The summed E-state index contributed by atoms with van der Waals surface area (Å²) in [6.45, 7) is 8.18. The van der Waals surface area contributed by atoms with E-state index in [-0.39, 0.29) is 11.3 Å². The largest absolute Gasteiger partial charge is 0.508 e. The molecule has 4 unspecified atom stereocenters. The molecule has 1 aromatic rings. The molecule has 1 aromatic carbocycles. The smallest absolute Gasteiger partial charge is 0.119 e. The Morgan fingerprint density at radius 3 is 2.67 bits per heavy atom. The van der Waals surface area contributed by atoms with Gasteiger partial charge < -0.3 is 5.11 Å². The standard InChI is InChI=1S/C22H35FO/c1-5-6-7-9-18-11-12-20(21(24)14-18)22(4)13-8-10-19(15-22)16(2)17(3)23/h11-12,14,16-17,19,24H,5-10,13,15H2,1-4H3. The first kappa shape index (κ1) is 19.3. The van der Waals surface area contributed by atoms with E-state index in [0.29, 0.717) is 11.7 Å². The summed E-state index contributed by atoms with van der Waals surface area (Å²) in [5.74, 6) is 0.945. The van der Waals surface area contributed by atoms with Gasteiger partial charge in [-0.05, 0) is 67.1 Å². The molecule has 0 radical (unpaired) electrons. The number of alkyl halides is 1. The second kappa shape index (κ2) is 8.36. The van der Waals surface area contributed by atoms with Gasteiger partial charge in [0.05, 0.1) is 0 Å². The van der Waals surface area contributed by atoms with Gasteiger partial charge in [0.2, 0.25) is 0 Å². The van der Waals surface area contributed by atoms with Crippen molar-refractivity contribution in [2.24, 2.45) is 11.8 Å². The van der Waals surface area contributed by atoms with Gasteiger partial charge in [0.15, 0.2) is 0 Å². The highest BCUT2D eigenvalue weighted by atomic mass is 19.1. The van der Waals surface area contributed by atoms with E-state index >= 15 is 0 Å². The fourth-order valence-corrected chi connectivity index (χ4v) is 4.43. The van der Waals surface area contributed by atoms with E-state index < -0.39 is 6.17 Å². The van der Waals surface area contributed by atoms with Crippen LogP contribution in [0.3, 0.4) is 0 Å². The lowest BCUT2D eigenvalue weighted by Crippen LogP contribution is -2.34. The van der Waals surface area contributed by atoms with Gasteiger partial charge in [0, 0.05) is 0 Å². The minimum atomic E-state index is -0.758. The zero-order chi connectivity index (χ0) is 17.7. The Labute approximate surface area is 147 Å². The van der Waals surface area contributed by atoms with Crippen LogP contribution in [0.2, 0.25) is 0 Å². The molecule has 1 N–H and O–H groups in total. The third-order valence-electron chi connectivity index (χ3n) is 6.27. The molecule has 4 atom stereocenters. The van der Waals surface area contributed by atoms with Crippen LogP contribution in [0.1, 0.15) is 83.8 Å². The van der Waals surface area contributed by atoms with Crippen molar-refractivity contribution in [1.82, 2.24) is 0 Å². The van der Waals surface area contributed by atoms with Crippen molar-refractivity contribution in [3.63, 3.8) is 0 Å². The van der Waals surface area contributed by atoms with E-state index in [9.17, 15) is 9.50 Å². The van der Waals surface area contributed by atoms with Gasteiger partial charge in [-0.15, -0.1) is 0 Å². The molecule has 0 amide bonds. The van der Waals surface area contributed by atoms with Gasteiger partial charge in [-0.3, -0.25) is 0 Å². The third kappa shape index (κ3) is 4.52. The summed E-state index contributed by atoms with van der Waals surface area (Å²) in [6, 6.07) is 6.27. The first-order valence-corrected chi connectivity index (χ1v) is 9.84. The predicted molar refractivity (Wildman–Crippen MR) is 100 cm³/mol. The van der Waals surface area contributed by atoms with Crippen molar-refractivity contribution in [1.29, 1.82) is 0 Å². The first-order valence-electron chi connectivity index (χ1n) is 9.84. The van der Waals surface area contributed by atoms with Crippen LogP contribution in [0.4, 0.5) is 4.39 Å². The number of phenolic OH excluding ortho intramolecular Hbond substituents is 1. The summed E-state index contributed by atoms with van der Waals surface area (Å²) in [5.41, 5.74) is 2.26. The zero-order valence-electron chi connectivity index (χ0n) is 15.9. The second-order valence-corrected chi connectivity index (χ2v) is 8.26. The lowest BCUT2D eigenvalue weighted by atomic mass is 9.64. The molecule has 0 spiro atoms. The molecule has 1 aliphatic carbocycles. The summed E-state index contributed by atoms with van der Waals surface area (Å²) in [5, 5.41) is 10.6. The Morgan fingerprint density at radius 2 is 2.04 bits per heavy atom. The Morgan fingerprint density at radius 1 is 1.29 bits per heavy atom. The van der Waals surface area contributed by atoms with E-state index in [1.807, 2.05) is 13.0 Å². The van der Waals surface area contributed by atoms with Gasteiger partial charge >= 0.3 is 0 Å². The number of aryl methyl sites for hydroxylation is 1. The highest BCUT2D eigenvalue weighted by Crippen LogP contribution is 2.47. The van der Waals surface area contributed by atoms with E-state index in [1.165, 1.54) is 24.8 Å². The molecule has 1 nitrogen and oxygen atoms in total. The van der Waals surface area contributed by atoms with Crippen LogP contribution in [0.15, 0.2) is 18.2 Å². The van der Waals surface area contributed by atoms with Crippen LogP contribution in [-0.2, 0) is 11.8 Å². The summed E-state index contributed by atoms with van der Waals surface area (Å²) < 4.78 is 13.8. The lowest BCUT2D eigenvalue weighted by molar-refractivity contribution is 0.124. The highest BCUT2D eigenvalue weighted by molar-refractivity contribution is 5.41. The number of aromatic hydroxyl groups is 1. The second-order valence-electron chi connectivity index (χ2n) is 8.26. The monoisotopic (exact) mass is 334 g/mol. The van der Waals surface area contributed by atoms with E-state index in [1.54, 1.807) is 6.92 Å². The average Bonchev–Trinajstić information content (AvgIpc) is 2.54. The van der Waals surface area contributed by atoms with E-state index in [0.717, 1.165) is 37.7 Å². The first-order chi connectivity index (χ1) is 11.4. The molecule has 136 valence electrons. The Balaban J connectivity index is 2.13. The Kier molecular flexibility index (Phi) is 6.71. The molecule has 1 saturated carbocycles. The maximum atomic E-state index is 13.8. The number of halogens is 1. The van der Waals surface area contributed by atoms with Crippen LogP contribution in [-0.4, -0.2) is 11.3 Å². The van der Waals surface area contributed by atoms with Crippen LogP contribution in [0.5, 0.6) is 5.75 Å². The molecule has 0 heterocycles. The van der Waals surface area contributed by atoms with Gasteiger partial charge in [0.1, 0.15) is 11.9 Å². The number of benzene rings is 1. The van der Waals surface area contributed by atoms with Crippen LogP contribution < -0.4 is 0 Å². The number of hydrogen-bond donors (Lipinski definition) is 1. The van der Waals surface area contributed by atoms with E-state index in [4.69, 9.17) is 0 Å². The van der Waals surface area contributed by atoms with Crippen molar-refractivity contribution in [3.8, 4) is 5.75 Å². The minimum absolute atomic E-state index is 0.0297. The van der Waals surface area contributed by atoms with Crippen LogP contribution in [0.25, 0.3) is 0 Å². The fraction of sp³-hybridized carbons (Fsp3) is 0.727. The van der Waals surface area contributed by atoms with Gasteiger partial charge in [-0.25, -0.2) is 4.39 Å². The molecule has 1 fully saturated rings. The summed E-state index contributed by atoms with van der Waals surface area (Å²) in [6.07, 6.45) is 8.21. The summed E-state index contributed by atoms with van der Waals surface area (Å²) in [7, 11) is 0. The Bertz CT molecular complexity index is 525. The predicted octanol–water partition coefficient (Wildman–Crippen LogP) is 6.57. The normalized spacial score (nSPS) is 27.0. The molecule has 0 bridgehead atoms. The Hall–Kier alpha value is -1.05. The van der Waals surface area contributed by atoms with Gasteiger partial charge in [-0.2, -0.15) is 0 Å². The average molecular weight is 335 g/mol. The molecule has 24 heavy (non-hydrogen) atoms. The SMILES string of the molecule is CCCCCc1ccc(C2(C)CCCC(C(C)C(C)F)C2)c(O)c1. The molecule has 0 aromatic heterocycles. The molecule has 0 saturated heterocycles. The van der Waals surface area contributed by atoms with Gasteiger partial charge in [0.25, 0.3) is 0 Å². The number of hydrogen-bond acceptors (Lipinski definition) is 1. The summed E-state index contributed by atoms with van der Waals surface area (Å²) in [4.78, 5) is 0. The molecule has 2 heteroatoms. The molecule has 0 aliphatic heterocycles. The minimum Gasteiger partial charge on any atom is -0.508 e. The third-order valence-corrected chi connectivity index (χ3v) is 6.27. The maximum absolute atomic E-state index is 13.8. The van der Waals surface area contributed by atoms with Crippen molar-refractivity contribution in [2.75, 3.05) is 0 Å². The quantitative estimate of drug-likeness (QED) is 0.559. The van der Waals surface area contributed by atoms with Crippen LogP contribution >= 0.6 is 0 Å². The fourth-order valence-electron chi connectivity index (χ4n) is 4.43. The van der Waals surface area contributed by atoms with Crippen molar-refractivity contribution < 1.29 is 9.50 Å². The number of unbranched alkanes of at least 4 members (excludes halogenated alkanes) is 2. The molecular weight excluding hydrogens is 299 g/mol. The van der Waals surface area contributed by atoms with Crippen molar-refractivity contribution in [2.45, 2.75) is 90.6 Å². The zero-order valence-corrected chi connectivity index (χ0v) is 15.9. The summed E-state index contributed by atoms with van der Waals surface area (Å²) >= 11 is 0. The van der Waals surface area contributed by atoms with E-state index in [2.05, 4.69) is 26.0 Å². The molecule has 2 rings (SSSR count). The molecular formula is C22H35FO. The van der Waals surface area contributed by atoms with Crippen LogP contribution in [0, 0.1) is 11.8 Å². The van der Waals surface area contributed by atoms with Crippen molar-refractivity contribution in [3.05, 3.63) is 29.3 Å². The number of phenols is 1. The number of rotatable bonds is 7. The van der Waals surface area contributed by atoms with Crippen molar-refractivity contribution >= 4 is 0 Å². The molecule has 1 aliphatic rings. The topological polar surface area (TPSA) is 20.2 Å². The highest BCUT2D eigenvalue weighted by Gasteiger charge is 2.38.